The molecule has 122 valence electrons. The molecule has 0 radical (unpaired) electrons. The number of aromatic nitrogens is 1. The highest BCUT2D eigenvalue weighted by molar-refractivity contribution is 7.18. The zero-order valence-corrected chi connectivity index (χ0v) is 14.1. The first-order valence-electron chi connectivity index (χ1n) is 7.81. The van der Waals surface area contributed by atoms with E-state index in [4.69, 9.17) is 0 Å². The maximum absolute atomic E-state index is 12.0. The Bertz CT molecular complexity index is 693. The van der Waals surface area contributed by atoms with Gasteiger partial charge in [0.2, 0.25) is 0 Å². The van der Waals surface area contributed by atoms with Gasteiger partial charge in [0.25, 0.3) is 5.91 Å². The number of thiazole rings is 1. The lowest BCUT2D eigenvalue weighted by atomic mass is 10.3. The number of carbonyl (C=O) groups excluding carboxylic acids is 2. The van der Waals surface area contributed by atoms with Crippen LogP contribution in [0.3, 0.4) is 0 Å². The molecule has 2 aromatic rings. The van der Waals surface area contributed by atoms with Crippen molar-refractivity contribution in [1.82, 2.24) is 15.6 Å². The van der Waals surface area contributed by atoms with Gasteiger partial charge in [0, 0.05) is 6.04 Å². The van der Waals surface area contributed by atoms with Crippen LogP contribution in [0.15, 0.2) is 24.3 Å². The van der Waals surface area contributed by atoms with Crippen LogP contribution >= 0.6 is 11.3 Å². The molecule has 6 nitrogen and oxygen atoms in total. The number of urea groups is 1. The van der Waals surface area contributed by atoms with E-state index in [1.54, 1.807) is 11.3 Å². The zero-order chi connectivity index (χ0) is 16.4. The normalized spacial score (nSPS) is 16.8. The van der Waals surface area contributed by atoms with Crippen LogP contribution in [-0.4, -0.2) is 36.6 Å². The van der Waals surface area contributed by atoms with Gasteiger partial charge >= 0.3 is 6.03 Å². The van der Waals surface area contributed by atoms with Crippen molar-refractivity contribution >= 4 is 33.5 Å². The van der Waals surface area contributed by atoms with Crippen LogP contribution in [0.5, 0.6) is 0 Å². The molecule has 7 heteroatoms. The van der Waals surface area contributed by atoms with Gasteiger partial charge in [-0.2, -0.15) is 0 Å². The Kier molecular flexibility index (Phi) is 4.58. The predicted molar refractivity (Wildman–Crippen MR) is 89.5 cm³/mol. The number of hydrogen-bond acceptors (Lipinski definition) is 4. The summed E-state index contributed by atoms with van der Waals surface area (Å²) in [6.45, 7) is 2.28. The van der Waals surface area contributed by atoms with Gasteiger partial charge in [0.05, 0.1) is 17.3 Å². The average Bonchev–Trinajstić information content (AvgIpc) is 3.20. The van der Waals surface area contributed by atoms with Crippen LogP contribution in [0, 0.1) is 0 Å². The summed E-state index contributed by atoms with van der Waals surface area (Å²) in [6.07, 6.45) is 2.00. The number of nitrogens with one attached hydrogen (secondary N) is 3. The number of imide groups is 1. The van der Waals surface area contributed by atoms with E-state index < -0.39 is 6.03 Å². The molecule has 1 aliphatic rings. The minimum absolute atomic E-state index is 0.0876. The van der Waals surface area contributed by atoms with Gasteiger partial charge in [-0.1, -0.05) is 12.1 Å². The fourth-order valence-electron chi connectivity index (χ4n) is 2.31. The summed E-state index contributed by atoms with van der Waals surface area (Å²) in [7, 11) is 1.94. The van der Waals surface area contributed by atoms with Crippen molar-refractivity contribution in [2.45, 2.75) is 31.8 Å². The Labute approximate surface area is 138 Å². The summed E-state index contributed by atoms with van der Waals surface area (Å²) in [6, 6.07) is 7.95. The van der Waals surface area contributed by atoms with E-state index in [1.165, 1.54) is 0 Å². The molecule has 23 heavy (non-hydrogen) atoms. The van der Waals surface area contributed by atoms with Gasteiger partial charge < -0.3 is 10.2 Å². The molecule has 1 aromatic carbocycles. The van der Waals surface area contributed by atoms with Crippen molar-refractivity contribution in [2.75, 3.05) is 13.6 Å². The number of nitrogens with zero attached hydrogens (tertiary/aromatic N) is 1. The zero-order valence-electron chi connectivity index (χ0n) is 13.3. The highest BCUT2D eigenvalue weighted by Crippen LogP contribution is 2.24. The van der Waals surface area contributed by atoms with Gasteiger partial charge in [0.1, 0.15) is 6.04 Å². The van der Waals surface area contributed by atoms with E-state index in [0.717, 1.165) is 33.0 Å². The van der Waals surface area contributed by atoms with E-state index in [0.29, 0.717) is 0 Å². The van der Waals surface area contributed by atoms with E-state index in [9.17, 15) is 9.59 Å². The molecular weight excluding hydrogens is 312 g/mol. The van der Waals surface area contributed by atoms with Crippen LogP contribution < -0.4 is 15.5 Å². The second-order valence-corrected chi connectivity index (χ2v) is 7.12. The molecule has 1 aromatic heterocycles. The summed E-state index contributed by atoms with van der Waals surface area (Å²) in [4.78, 5) is 29.2. The Morgan fingerprint density at radius 3 is 2.83 bits per heavy atom. The van der Waals surface area contributed by atoms with Gasteiger partial charge in [-0.3, -0.25) is 10.1 Å². The van der Waals surface area contributed by atoms with E-state index in [2.05, 4.69) is 15.6 Å². The predicted octanol–water partition coefficient (Wildman–Crippen LogP) is 0.860. The molecule has 3 N–H and O–H groups in total. The molecule has 1 fully saturated rings. The molecule has 3 amide bonds. The van der Waals surface area contributed by atoms with Crippen LogP contribution in [0.2, 0.25) is 0 Å². The van der Waals surface area contributed by atoms with E-state index in [-0.39, 0.29) is 24.5 Å². The summed E-state index contributed by atoms with van der Waals surface area (Å²) < 4.78 is 1.15. The molecule has 3 rings (SSSR count). The molecule has 0 aliphatic heterocycles. The topological polar surface area (TPSA) is 75.5 Å². The maximum Gasteiger partial charge on any atom is 0.321 e. The highest BCUT2D eigenvalue weighted by Gasteiger charge is 2.26. The van der Waals surface area contributed by atoms with Gasteiger partial charge in [-0.15, -0.1) is 11.3 Å². The van der Waals surface area contributed by atoms with Crippen LogP contribution in [-0.2, 0) is 4.79 Å². The Balaban J connectivity index is 1.56. The van der Waals surface area contributed by atoms with Gasteiger partial charge in [0.15, 0.2) is 11.6 Å². The first-order chi connectivity index (χ1) is 11.0. The molecule has 0 bridgehead atoms. The number of benzene rings is 1. The van der Waals surface area contributed by atoms with Crippen molar-refractivity contribution in [2.24, 2.45) is 0 Å². The number of fused-ring (bicyclic) bond motifs is 1. The highest BCUT2D eigenvalue weighted by atomic mass is 32.1. The average molecular weight is 333 g/mol. The second kappa shape index (κ2) is 6.64. The number of carbonyl (C=O) groups is 2. The molecule has 0 saturated heterocycles. The Morgan fingerprint density at radius 2 is 2.13 bits per heavy atom. The molecule has 1 heterocycles. The van der Waals surface area contributed by atoms with Crippen LogP contribution in [0.1, 0.15) is 30.8 Å². The fourth-order valence-corrected chi connectivity index (χ4v) is 3.42. The number of amides is 3. The third kappa shape index (κ3) is 4.05. The van der Waals surface area contributed by atoms with Crippen molar-refractivity contribution in [1.29, 1.82) is 0 Å². The van der Waals surface area contributed by atoms with Crippen molar-refractivity contribution in [3.05, 3.63) is 29.3 Å². The largest absolute Gasteiger partial charge is 0.335 e. The monoisotopic (exact) mass is 333 g/mol. The minimum Gasteiger partial charge on any atom is -0.335 e. The summed E-state index contributed by atoms with van der Waals surface area (Å²) in [5, 5.41) is 6.13. The third-order valence-corrected chi connectivity index (χ3v) is 5.24. The lowest BCUT2D eigenvalue weighted by Gasteiger charge is -2.19. The second-order valence-electron chi connectivity index (χ2n) is 6.06. The van der Waals surface area contributed by atoms with E-state index in [1.807, 2.05) is 38.2 Å². The first kappa shape index (κ1) is 15.9. The minimum atomic E-state index is -0.391. The molecule has 0 spiro atoms. The van der Waals surface area contributed by atoms with Crippen LogP contribution in [0.4, 0.5) is 4.79 Å². The Hall–Kier alpha value is -1.99. The Morgan fingerprint density at radius 1 is 1.39 bits per heavy atom. The SMILES string of the molecule is C[C@@H](c1nc2ccccc2s1)[NH+](C)CC(=O)NC(=O)NC1CC1. The fraction of sp³-hybridized carbons (Fsp3) is 0.438. The van der Waals surface area contributed by atoms with Gasteiger partial charge in [-0.25, -0.2) is 9.78 Å². The van der Waals surface area contributed by atoms with Crippen molar-refractivity contribution < 1.29 is 14.5 Å². The van der Waals surface area contributed by atoms with Crippen molar-refractivity contribution in [3.8, 4) is 0 Å². The third-order valence-electron chi connectivity index (χ3n) is 4.02. The molecule has 1 aliphatic carbocycles. The maximum atomic E-state index is 12.0. The molecule has 1 unspecified atom stereocenters. The number of quaternary nitrogens is 1. The standard InChI is InChI=1S/C16H20N4O2S/c1-10(15-18-12-5-3-4-6-13(12)23-15)20(2)9-14(21)19-16(22)17-11-7-8-11/h3-6,10-11H,7-9H2,1-2H3,(H2,17,19,21,22)/p+1/t10-/m0/s1. The summed E-state index contributed by atoms with van der Waals surface area (Å²) in [5.41, 5.74) is 0.986. The molecular formula is C16H21N4O2S+. The number of hydrogen-bond donors (Lipinski definition) is 3. The molecule has 1 saturated carbocycles. The lowest BCUT2D eigenvalue weighted by molar-refractivity contribution is -0.902. The number of para-hydroxylation sites is 1. The first-order valence-corrected chi connectivity index (χ1v) is 8.62. The smallest absolute Gasteiger partial charge is 0.321 e. The number of rotatable bonds is 5. The summed E-state index contributed by atoms with van der Waals surface area (Å²) in [5.74, 6) is -0.270. The summed E-state index contributed by atoms with van der Waals surface area (Å²) >= 11 is 1.65. The quantitative estimate of drug-likeness (QED) is 0.760. The van der Waals surface area contributed by atoms with Crippen molar-refractivity contribution in [3.63, 3.8) is 0 Å². The van der Waals surface area contributed by atoms with Gasteiger partial charge in [-0.05, 0) is 31.9 Å². The van der Waals surface area contributed by atoms with Crippen LogP contribution in [0.25, 0.3) is 10.2 Å². The number of likely N-dealkylation sites (N-methyl/N-ethyl adjacent to an activating group) is 1. The van der Waals surface area contributed by atoms with E-state index >= 15 is 0 Å². The molecule has 2 atom stereocenters. The lowest BCUT2D eigenvalue weighted by Crippen LogP contribution is -3.10.